The molecule has 0 atom stereocenters. The molecule has 0 aromatic carbocycles. The van der Waals surface area contributed by atoms with Crippen LogP contribution in [0.25, 0.3) is 0 Å². The van der Waals surface area contributed by atoms with E-state index in [1.165, 1.54) is 12.8 Å². The monoisotopic (exact) mass is 250 g/mol. The molecular weight excluding hydrogens is 228 g/mol. The van der Waals surface area contributed by atoms with Crippen molar-refractivity contribution in [3.8, 4) is 0 Å². The van der Waals surface area contributed by atoms with Gasteiger partial charge in [-0.1, -0.05) is 0 Å². The smallest absolute Gasteiger partial charge is 0.320 e. The van der Waals surface area contributed by atoms with Gasteiger partial charge in [-0.3, -0.25) is 9.69 Å². The predicted molar refractivity (Wildman–Crippen MR) is 67.0 cm³/mol. The van der Waals surface area contributed by atoms with Gasteiger partial charge in [0.25, 0.3) is 0 Å². The number of likely N-dealkylation sites (tertiary alicyclic amines) is 1. The highest BCUT2D eigenvalue weighted by Gasteiger charge is 2.20. The Hall–Kier alpha value is -0.320. The zero-order valence-electron chi connectivity index (χ0n) is 10.2. The molecule has 0 saturated carbocycles. The van der Waals surface area contributed by atoms with E-state index in [-0.39, 0.29) is 18.4 Å². The van der Waals surface area contributed by atoms with Crippen molar-refractivity contribution in [2.45, 2.75) is 19.8 Å². The van der Waals surface area contributed by atoms with Crippen molar-refractivity contribution in [2.75, 3.05) is 39.8 Å². The van der Waals surface area contributed by atoms with Crippen molar-refractivity contribution >= 4 is 18.4 Å². The highest BCUT2D eigenvalue weighted by Crippen LogP contribution is 2.15. The molecule has 0 spiro atoms. The first-order valence-electron chi connectivity index (χ1n) is 5.78. The maximum atomic E-state index is 11.2. The number of ether oxygens (including phenoxy) is 1. The van der Waals surface area contributed by atoms with Crippen LogP contribution >= 0.6 is 12.4 Å². The third-order valence-corrected chi connectivity index (χ3v) is 2.86. The van der Waals surface area contributed by atoms with Crippen molar-refractivity contribution in [3.63, 3.8) is 0 Å². The molecular formula is C11H23ClN2O2. The van der Waals surface area contributed by atoms with Gasteiger partial charge in [-0.15, -0.1) is 12.4 Å². The fourth-order valence-electron chi connectivity index (χ4n) is 2.03. The number of nitrogens with one attached hydrogen (secondary N) is 1. The summed E-state index contributed by atoms with van der Waals surface area (Å²) >= 11 is 0. The Labute approximate surface area is 104 Å². The first-order valence-corrected chi connectivity index (χ1v) is 5.78. The summed E-state index contributed by atoms with van der Waals surface area (Å²) in [4.78, 5) is 13.4. The highest BCUT2D eigenvalue weighted by molar-refractivity contribution is 5.85. The molecule has 5 heteroatoms. The van der Waals surface area contributed by atoms with Crippen molar-refractivity contribution in [1.82, 2.24) is 10.2 Å². The van der Waals surface area contributed by atoms with E-state index in [1.807, 2.05) is 14.0 Å². The second-order valence-electron chi connectivity index (χ2n) is 4.08. The van der Waals surface area contributed by atoms with Crippen LogP contribution in [0.5, 0.6) is 0 Å². The Morgan fingerprint density at radius 3 is 2.56 bits per heavy atom. The molecule has 4 nitrogen and oxygen atoms in total. The van der Waals surface area contributed by atoms with Crippen LogP contribution in [0.4, 0.5) is 0 Å². The Balaban J connectivity index is 0.00000225. The normalized spacial score (nSPS) is 17.9. The van der Waals surface area contributed by atoms with E-state index in [9.17, 15) is 4.79 Å². The van der Waals surface area contributed by atoms with Crippen LogP contribution in [0.3, 0.4) is 0 Å². The molecule has 0 aliphatic carbocycles. The number of carbonyl (C=O) groups excluding carboxylic acids is 1. The second-order valence-corrected chi connectivity index (χ2v) is 4.08. The SMILES string of the molecule is CCOC(=O)CN1CCC(CNC)CC1.Cl. The number of esters is 1. The molecule has 1 rings (SSSR count). The average Bonchev–Trinajstić information content (AvgIpc) is 2.22. The fourth-order valence-corrected chi connectivity index (χ4v) is 2.03. The van der Waals surface area contributed by atoms with Crippen LogP contribution in [0.2, 0.25) is 0 Å². The Morgan fingerprint density at radius 2 is 2.06 bits per heavy atom. The number of piperidine rings is 1. The number of hydrogen-bond acceptors (Lipinski definition) is 4. The van der Waals surface area contributed by atoms with Gasteiger partial charge in [0.2, 0.25) is 0 Å². The molecule has 0 amide bonds. The lowest BCUT2D eigenvalue weighted by molar-refractivity contribution is -0.144. The van der Waals surface area contributed by atoms with E-state index in [4.69, 9.17) is 4.74 Å². The van der Waals surface area contributed by atoms with Gasteiger partial charge < -0.3 is 10.1 Å². The largest absolute Gasteiger partial charge is 0.465 e. The molecule has 1 aliphatic heterocycles. The van der Waals surface area contributed by atoms with Gasteiger partial charge in [0.15, 0.2) is 0 Å². The van der Waals surface area contributed by atoms with Gasteiger partial charge in [-0.2, -0.15) is 0 Å². The third kappa shape index (κ3) is 5.68. The molecule has 0 aromatic rings. The van der Waals surface area contributed by atoms with Crippen molar-refractivity contribution in [1.29, 1.82) is 0 Å². The number of hydrogen-bond donors (Lipinski definition) is 1. The maximum absolute atomic E-state index is 11.2. The summed E-state index contributed by atoms with van der Waals surface area (Å²) in [6, 6.07) is 0. The van der Waals surface area contributed by atoms with Gasteiger partial charge in [-0.05, 0) is 52.4 Å². The number of rotatable bonds is 5. The van der Waals surface area contributed by atoms with Gasteiger partial charge in [0.05, 0.1) is 13.2 Å². The molecule has 0 aromatic heterocycles. The lowest BCUT2D eigenvalue weighted by Crippen LogP contribution is -2.39. The number of nitrogens with zero attached hydrogens (tertiary/aromatic N) is 1. The fraction of sp³-hybridized carbons (Fsp3) is 0.909. The molecule has 0 bridgehead atoms. The molecule has 0 unspecified atom stereocenters. The molecule has 1 N–H and O–H groups in total. The third-order valence-electron chi connectivity index (χ3n) is 2.86. The van der Waals surface area contributed by atoms with Crippen LogP contribution in [0, 0.1) is 5.92 Å². The van der Waals surface area contributed by atoms with Gasteiger partial charge in [-0.25, -0.2) is 0 Å². The Morgan fingerprint density at radius 1 is 1.44 bits per heavy atom. The topological polar surface area (TPSA) is 41.6 Å². The van der Waals surface area contributed by atoms with E-state index in [0.29, 0.717) is 13.2 Å². The molecule has 1 saturated heterocycles. The van der Waals surface area contributed by atoms with Gasteiger partial charge >= 0.3 is 5.97 Å². The summed E-state index contributed by atoms with van der Waals surface area (Å²) in [6.07, 6.45) is 2.36. The molecule has 0 radical (unpaired) electrons. The average molecular weight is 251 g/mol. The van der Waals surface area contributed by atoms with Crippen LogP contribution in [0.1, 0.15) is 19.8 Å². The lowest BCUT2D eigenvalue weighted by atomic mass is 9.97. The van der Waals surface area contributed by atoms with Crippen molar-refractivity contribution in [3.05, 3.63) is 0 Å². The van der Waals surface area contributed by atoms with E-state index in [1.54, 1.807) is 0 Å². The number of carbonyl (C=O) groups is 1. The molecule has 1 heterocycles. The Kier molecular flexibility index (Phi) is 8.61. The lowest BCUT2D eigenvalue weighted by Gasteiger charge is -2.30. The molecule has 96 valence electrons. The molecule has 16 heavy (non-hydrogen) atoms. The first-order chi connectivity index (χ1) is 7.26. The zero-order valence-corrected chi connectivity index (χ0v) is 11.0. The van der Waals surface area contributed by atoms with Gasteiger partial charge in [0.1, 0.15) is 0 Å². The number of halogens is 1. The molecule has 1 aliphatic rings. The second kappa shape index (κ2) is 8.79. The summed E-state index contributed by atoms with van der Waals surface area (Å²) in [5.41, 5.74) is 0. The van der Waals surface area contributed by atoms with E-state index in [0.717, 1.165) is 25.6 Å². The Bertz CT molecular complexity index is 194. The summed E-state index contributed by atoms with van der Waals surface area (Å²) in [6.45, 7) is 5.91. The minimum Gasteiger partial charge on any atom is -0.465 e. The van der Waals surface area contributed by atoms with E-state index < -0.39 is 0 Å². The highest BCUT2D eigenvalue weighted by atomic mass is 35.5. The van der Waals surface area contributed by atoms with Crippen LogP contribution < -0.4 is 5.32 Å². The summed E-state index contributed by atoms with van der Waals surface area (Å²) in [5, 5.41) is 3.20. The van der Waals surface area contributed by atoms with E-state index in [2.05, 4.69) is 10.2 Å². The minimum atomic E-state index is -0.0930. The van der Waals surface area contributed by atoms with Crippen molar-refractivity contribution < 1.29 is 9.53 Å². The van der Waals surface area contributed by atoms with Crippen LogP contribution in [-0.4, -0.2) is 50.7 Å². The summed E-state index contributed by atoms with van der Waals surface area (Å²) in [5.74, 6) is 0.679. The maximum Gasteiger partial charge on any atom is 0.320 e. The van der Waals surface area contributed by atoms with Crippen LogP contribution in [0.15, 0.2) is 0 Å². The predicted octanol–water partition coefficient (Wildman–Crippen LogP) is 0.903. The van der Waals surface area contributed by atoms with Crippen LogP contribution in [-0.2, 0) is 9.53 Å². The summed E-state index contributed by atoms with van der Waals surface area (Å²) in [7, 11) is 1.99. The zero-order chi connectivity index (χ0) is 11.1. The van der Waals surface area contributed by atoms with Gasteiger partial charge in [0, 0.05) is 0 Å². The van der Waals surface area contributed by atoms with Crippen molar-refractivity contribution in [2.24, 2.45) is 5.92 Å². The minimum absolute atomic E-state index is 0. The summed E-state index contributed by atoms with van der Waals surface area (Å²) < 4.78 is 4.93. The first kappa shape index (κ1) is 15.7. The standard InChI is InChI=1S/C11H22N2O2.ClH/c1-3-15-11(14)9-13-6-4-10(5-7-13)8-12-2;/h10,12H,3-9H2,1-2H3;1H. The van der Waals surface area contributed by atoms with E-state index >= 15 is 0 Å². The molecule has 1 fully saturated rings. The quantitative estimate of drug-likeness (QED) is 0.737.